The van der Waals surface area contributed by atoms with Crippen LogP contribution in [-0.4, -0.2) is 43.2 Å². The van der Waals surface area contributed by atoms with Gasteiger partial charge in [0.05, 0.1) is 13.2 Å². The Bertz CT molecular complexity index is 56.1. The first-order chi connectivity index (χ1) is 5.39. The first kappa shape index (κ1) is 14.2. The van der Waals surface area contributed by atoms with Crippen molar-refractivity contribution in [1.82, 2.24) is 4.90 Å². The normalized spacial score (nSPS) is 17.2. The third-order valence-electron chi connectivity index (χ3n) is 1.23. The zero-order valence-electron chi connectivity index (χ0n) is 8.06. The Morgan fingerprint density at radius 1 is 1.09 bits per heavy atom. The summed E-state index contributed by atoms with van der Waals surface area (Å²) in [6.07, 6.45) is 0. The van der Waals surface area contributed by atoms with Crippen molar-refractivity contribution in [3.8, 4) is 0 Å². The van der Waals surface area contributed by atoms with E-state index in [1.807, 2.05) is 18.8 Å². The molecule has 70 valence electrons. The zero-order valence-corrected chi connectivity index (χ0v) is 10.2. The smallest absolute Gasteiger partial charge is 0.0594 e. The summed E-state index contributed by atoms with van der Waals surface area (Å²) in [6.45, 7) is 8.02. The average molecular weight is 273 g/mol. The molecule has 0 radical (unpaired) electrons. The summed E-state index contributed by atoms with van der Waals surface area (Å²) in [6, 6.07) is 0. The second-order valence-electron chi connectivity index (χ2n) is 1.92. The van der Waals surface area contributed by atoms with Crippen LogP contribution in [0.4, 0.5) is 0 Å². The Hall–Kier alpha value is 0.650. The highest BCUT2D eigenvalue weighted by atomic mass is 127. The molecule has 1 fully saturated rings. The first-order valence-corrected chi connectivity index (χ1v) is 6.19. The van der Waals surface area contributed by atoms with Crippen LogP contribution in [0.2, 0.25) is 0 Å². The molecule has 0 N–H and O–H groups in total. The molecule has 0 unspecified atom stereocenters. The van der Waals surface area contributed by atoms with Crippen LogP contribution in [0.15, 0.2) is 0 Å². The fourth-order valence-electron chi connectivity index (χ4n) is 0.655. The van der Waals surface area contributed by atoms with Crippen molar-refractivity contribution in [2.24, 2.45) is 0 Å². The lowest BCUT2D eigenvalue weighted by Crippen LogP contribution is -2.32. The lowest BCUT2D eigenvalue weighted by atomic mass is 10.5. The minimum Gasteiger partial charge on any atom is -0.379 e. The molecule has 11 heavy (non-hydrogen) atoms. The van der Waals surface area contributed by atoms with E-state index >= 15 is 0 Å². The van der Waals surface area contributed by atoms with Crippen molar-refractivity contribution in [2.75, 3.05) is 38.3 Å². The number of nitrogens with zero attached hydrogens (tertiary/aromatic N) is 1. The van der Waals surface area contributed by atoms with Gasteiger partial charge in [0.25, 0.3) is 0 Å². The van der Waals surface area contributed by atoms with Crippen LogP contribution in [0.1, 0.15) is 13.8 Å². The number of ether oxygens (including phenoxy) is 1. The summed E-state index contributed by atoms with van der Waals surface area (Å²) in [5, 5.41) is 0. The largest absolute Gasteiger partial charge is 0.379 e. The molecule has 3 heteroatoms. The van der Waals surface area contributed by atoms with E-state index in [0.717, 1.165) is 26.3 Å². The van der Waals surface area contributed by atoms with Gasteiger partial charge < -0.3 is 9.64 Å². The van der Waals surface area contributed by atoms with E-state index < -0.39 is 0 Å². The molecule has 0 aromatic heterocycles. The second kappa shape index (κ2) is 13.3. The minimum absolute atomic E-state index is 0.913. The predicted molar refractivity (Wildman–Crippen MR) is 59.6 cm³/mol. The van der Waals surface area contributed by atoms with Gasteiger partial charge in [-0.2, -0.15) is 0 Å². The van der Waals surface area contributed by atoms with Crippen LogP contribution in [0.3, 0.4) is 0 Å². The molecule has 1 heterocycles. The molecular formula is C8H20INO. The van der Waals surface area contributed by atoms with Gasteiger partial charge in [-0.3, -0.25) is 0 Å². The van der Waals surface area contributed by atoms with E-state index in [2.05, 4.69) is 34.5 Å². The topological polar surface area (TPSA) is 12.5 Å². The van der Waals surface area contributed by atoms with Crippen LogP contribution in [0.5, 0.6) is 0 Å². The number of morpholine rings is 1. The number of alkyl halides is 1. The van der Waals surface area contributed by atoms with Crippen molar-refractivity contribution < 1.29 is 4.74 Å². The number of rotatable bonds is 0. The van der Waals surface area contributed by atoms with Crippen LogP contribution in [0.25, 0.3) is 0 Å². The van der Waals surface area contributed by atoms with Crippen LogP contribution in [-0.2, 0) is 4.74 Å². The Labute approximate surface area is 84.4 Å². The zero-order chi connectivity index (χ0) is 9.11. The molecular weight excluding hydrogens is 253 g/mol. The maximum absolute atomic E-state index is 5.10. The lowest BCUT2D eigenvalue weighted by molar-refractivity contribution is 0.0503. The molecule has 1 saturated heterocycles. The molecule has 0 atom stereocenters. The fraction of sp³-hybridized carbons (Fsp3) is 1.00. The summed E-state index contributed by atoms with van der Waals surface area (Å²) >= 11 is 2.15. The second-order valence-corrected chi connectivity index (χ2v) is 1.92. The van der Waals surface area contributed by atoms with E-state index in [4.69, 9.17) is 4.74 Å². The molecule has 0 aliphatic carbocycles. The predicted octanol–water partition coefficient (Wildman–Crippen LogP) is 2.03. The first-order valence-electron chi connectivity index (χ1n) is 4.03. The summed E-state index contributed by atoms with van der Waals surface area (Å²) in [7, 11) is 2.11. The van der Waals surface area contributed by atoms with E-state index in [9.17, 15) is 0 Å². The fourth-order valence-corrected chi connectivity index (χ4v) is 0.655. The molecule has 2 nitrogen and oxygen atoms in total. The number of likely N-dealkylation sites (N-methyl/N-ethyl adjacent to an activating group) is 1. The van der Waals surface area contributed by atoms with Crippen molar-refractivity contribution >= 4 is 22.6 Å². The third kappa shape index (κ3) is 10.7. The van der Waals surface area contributed by atoms with Gasteiger partial charge in [0.2, 0.25) is 0 Å². The number of hydrogen-bond donors (Lipinski definition) is 0. The molecule has 1 rings (SSSR count). The Balaban J connectivity index is 0. The molecule has 0 amide bonds. The Morgan fingerprint density at radius 3 is 1.64 bits per heavy atom. The van der Waals surface area contributed by atoms with Gasteiger partial charge >= 0.3 is 0 Å². The number of hydrogen-bond acceptors (Lipinski definition) is 2. The summed E-state index contributed by atoms with van der Waals surface area (Å²) in [5.41, 5.74) is 0. The summed E-state index contributed by atoms with van der Waals surface area (Å²) in [5.74, 6) is 0. The highest BCUT2D eigenvalue weighted by Crippen LogP contribution is 1.89. The Kier molecular flexibility index (Phi) is 17.1. The molecule has 0 bridgehead atoms. The summed E-state index contributed by atoms with van der Waals surface area (Å²) < 4.78 is 5.10. The van der Waals surface area contributed by atoms with E-state index in [-0.39, 0.29) is 0 Å². The van der Waals surface area contributed by atoms with E-state index in [0.29, 0.717) is 0 Å². The van der Waals surface area contributed by atoms with Crippen molar-refractivity contribution in [1.29, 1.82) is 0 Å². The maximum atomic E-state index is 5.10. The van der Waals surface area contributed by atoms with Crippen molar-refractivity contribution in [3.05, 3.63) is 0 Å². The van der Waals surface area contributed by atoms with Gasteiger partial charge in [-0.1, -0.05) is 36.4 Å². The van der Waals surface area contributed by atoms with Gasteiger partial charge in [0, 0.05) is 13.1 Å². The van der Waals surface area contributed by atoms with Gasteiger partial charge in [0.1, 0.15) is 0 Å². The Morgan fingerprint density at radius 2 is 1.45 bits per heavy atom. The highest BCUT2D eigenvalue weighted by molar-refractivity contribution is 14.1. The highest BCUT2D eigenvalue weighted by Gasteiger charge is 2.02. The standard InChI is InChI=1S/C5H11NO.C2H6.CH3I/c1-6-2-4-7-5-3-6;2*1-2/h2-5H2,1H3;1-2H3;1H3. The molecule has 0 saturated carbocycles. The van der Waals surface area contributed by atoms with Gasteiger partial charge in [-0.05, 0) is 12.0 Å². The maximum Gasteiger partial charge on any atom is 0.0594 e. The molecule has 0 aromatic carbocycles. The third-order valence-corrected chi connectivity index (χ3v) is 1.23. The van der Waals surface area contributed by atoms with E-state index in [1.165, 1.54) is 0 Å². The summed E-state index contributed by atoms with van der Waals surface area (Å²) in [4.78, 5) is 4.24. The van der Waals surface area contributed by atoms with E-state index in [1.54, 1.807) is 0 Å². The van der Waals surface area contributed by atoms with Crippen LogP contribution in [0, 0.1) is 0 Å². The average Bonchev–Trinajstić information content (AvgIpc) is 2.13. The monoisotopic (exact) mass is 273 g/mol. The minimum atomic E-state index is 0.913. The SMILES string of the molecule is CC.CI.CN1CCOCC1. The van der Waals surface area contributed by atoms with Gasteiger partial charge in [0.15, 0.2) is 0 Å². The van der Waals surface area contributed by atoms with Crippen LogP contribution >= 0.6 is 22.6 Å². The van der Waals surface area contributed by atoms with Gasteiger partial charge in [-0.25, -0.2) is 0 Å². The van der Waals surface area contributed by atoms with Crippen molar-refractivity contribution in [2.45, 2.75) is 13.8 Å². The lowest BCUT2D eigenvalue weighted by Gasteiger charge is -2.21. The molecule has 0 aromatic rings. The van der Waals surface area contributed by atoms with Gasteiger partial charge in [-0.15, -0.1) is 0 Å². The van der Waals surface area contributed by atoms with Crippen LogP contribution < -0.4 is 0 Å². The molecule has 1 aliphatic heterocycles. The molecule has 0 spiro atoms. The van der Waals surface area contributed by atoms with Crippen molar-refractivity contribution in [3.63, 3.8) is 0 Å². The number of halogens is 1. The quantitative estimate of drug-likeness (QED) is 0.494. The molecule has 1 aliphatic rings.